The maximum absolute atomic E-state index is 12.5. The van der Waals surface area contributed by atoms with Crippen molar-refractivity contribution in [3.05, 3.63) is 46.3 Å². The molecular weight excluding hydrogens is 336 g/mol. The van der Waals surface area contributed by atoms with Gasteiger partial charge in [-0.3, -0.25) is 4.79 Å². The second kappa shape index (κ2) is 6.73. The summed E-state index contributed by atoms with van der Waals surface area (Å²) in [4.78, 5) is 34.4. The molecule has 0 fully saturated rings. The van der Waals surface area contributed by atoms with E-state index in [1.165, 1.54) is 30.3 Å². The van der Waals surface area contributed by atoms with Gasteiger partial charge in [0.15, 0.2) is 17.5 Å². The number of hydrogen-bond donors (Lipinski definition) is 5. The summed E-state index contributed by atoms with van der Waals surface area (Å²) in [6, 6.07) is 6.56. The zero-order chi connectivity index (χ0) is 18.9. The van der Waals surface area contributed by atoms with Crippen molar-refractivity contribution in [2.45, 2.75) is 30.8 Å². The summed E-state index contributed by atoms with van der Waals surface area (Å²) in [6.45, 7) is 0.864. The van der Waals surface area contributed by atoms with Crippen LogP contribution in [0, 0.1) is 0 Å². The largest absolute Gasteiger partial charge is 0.479 e. The van der Waals surface area contributed by atoms with Gasteiger partial charge in [-0.1, -0.05) is 12.1 Å². The smallest absolute Gasteiger partial charge is 0.336 e. The Morgan fingerprint density at radius 1 is 1.12 bits per heavy atom. The van der Waals surface area contributed by atoms with Gasteiger partial charge in [-0.15, -0.1) is 0 Å². The number of carbonyl (C=O) groups is 2. The molecule has 1 aromatic heterocycles. The monoisotopic (exact) mass is 352 g/mol. The molecular formula is C16H16O9. The lowest BCUT2D eigenvalue weighted by atomic mass is 9.85. The normalized spacial score (nSPS) is 17.5. The maximum Gasteiger partial charge on any atom is 0.336 e. The summed E-state index contributed by atoms with van der Waals surface area (Å²) >= 11 is 0. The molecule has 1 heterocycles. The van der Waals surface area contributed by atoms with E-state index in [9.17, 15) is 34.8 Å². The van der Waals surface area contributed by atoms with Crippen LogP contribution in [0.2, 0.25) is 0 Å². The number of rotatable bonds is 6. The Morgan fingerprint density at radius 2 is 1.72 bits per heavy atom. The van der Waals surface area contributed by atoms with Gasteiger partial charge in [0.1, 0.15) is 17.8 Å². The minimum Gasteiger partial charge on any atom is -0.479 e. The SMILES string of the molecule is C[C@](O)(C(=O)c1ccc2ccc(=O)oc2c1)[C@@H](O)[C@H](O)[C@H](O)C(=O)O. The van der Waals surface area contributed by atoms with E-state index in [2.05, 4.69) is 0 Å². The van der Waals surface area contributed by atoms with Gasteiger partial charge in [0.2, 0.25) is 0 Å². The summed E-state index contributed by atoms with van der Waals surface area (Å²) in [5.41, 5.74) is -3.35. The first-order chi connectivity index (χ1) is 11.6. The fraction of sp³-hybridized carbons (Fsp3) is 0.312. The Labute approximate surface area is 140 Å². The minimum absolute atomic E-state index is 0.0646. The summed E-state index contributed by atoms with van der Waals surface area (Å²) in [6.07, 6.45) is -7.00. The van der Waals surface area contributed by atoms with Crippen molar-refractivity contribution >= 4 is 22.7 Å². The van der Waals surface area contributed by atoms with Gasteiger partial charge in [-0.2, -0.15) is 0 Å². The Balaban J connectivity index is 2.37. The summed E-state index contributed by atoms with van der Waals surface area (Å²) in [5, 5.41) is 48.3. The molecule has 134 valence electrons. The number of aliphatic hydroxyl groups is 4. The minimum atomic E-state index is -2.61. The quantitative estimate of drug-likeness (QED) is 0.320. The highest BCUT2D eigenvalue weighted by atomic mass is 16.4. The van der Waals surface area contributed by atoms with E-state index in [1.807, 2.05) is 0 Å². The van der Waals surface area contributed by atoms with Crippen molar-refractivity contribution in [3.63, 3.8) is 0 Å². The van der Waals surface area contributed by atoms with Crippen molar-refractivity contribution in [1.29, 1.82) is 0 Å². The van der Waals surface area contributed by atoms with Crippen LogP contribution in [-0.2, 0) is 4.79 Å². The lowest BCUT2D eigenvalue weighted by molar-refractivity contribution is -0.167. The van der Waals surface area contributed by atoms with Crippen LogP contribution in [0.4, 0.5) is 0 Å². The third kappa shape index (κ3) is 3.59. The molecule has 1 aromatic carbocycles. The topological polar surface area (TPSA) is 165 Å². The van der Waals surface area contributed by atoms with Gasteiger partial charge in [-0.05, 0) is 19.1 Å². The van der Waals surface area contributed by atoms with E-state index < -0.39 is 41.3 Å². The fourth-order valence-corrected chi connectivity index (χ4v) is 2.28. The number of hydrogen-bond acceptors (Lipinski definition) is 8. The van der Waals surface area contributed by atoms with Crippen LogP contribution >= 0.6 is 0 Å². The predicted octanol–water partition coefficient (Wildman–Crippen LogP) is -1.11. The van der Waals surface area contributed by atoms with Crippen LogP contribution in [-0.4, -0.2) is 61.2 Å². The second-order valence-corrected chi connectivity index (χ2v) is 5.70. The Kier molecular flexibility index (Phi) is 5.04. The molecule has 0 aliphatic heterocycles. The Hall–Kier alpha value is -2.59. The van der Waals surface area contributed by atoms with Gasteiger partial charge in [0.25, 0.3) is 0 Å². The van der Waals surface area contributed by atoms with Crippen molar-refractivity contribution in [3.8, 4) is 0 Å². The molecule has 2 aromatic rings. The number of carbonyl (C=O) groups excluding carboxylic acids is 1. The average molecular weight is 352 g/mol. The molecule has 0 aliphatic rings. The number of aliphatic carboxylic acids is 1. The summed E-state index contributed by atoms with van der Waals surface area (Å²) in [7, 11) is 0. The third-order valence-electron chi connectivity index (χ3n) is 3.82. The molecule has 5 N–H and O–H groups in total. The van der Waals surface area contributed by atoms with Crippen LogP contribution in [0.25, 0.3) is 11.0 Å². The lowest BCUT2D eigenvalue weighted by Crippen LogP contribution is -2.57. The molecule has 4 atom stereocenters. The van der Waals surface area contributed by atoms with E-state index in [0.717, 1.165) is 6.92 Å². The summed E-state index contributed by atoms with van der Waals surface area (Å²) in [5.74, 6) is -2.90. The van der Waals surface area contributed by atoms with E-state index in [4.69, 9.17) is 9.52 Å². The van der Waals surface area contributed by atoms with Crippen molar-refractivity contribution in [2.75, 3.05) is 0 Å². The highest BCUT2D eigenvalue weighted by Crippen LogP contribution is 2.23. The number of Topliss-reactive ketones (excluding diaryl/α,β-unsaturated/α-hetero) is 1. The van der Waals surface area contributed by atoms with E-state index in [1.54, 1.807) is 0 Å². The number of aliphatic hydroxyl groups excluding tert-OH is 3. The van der Waals surface area contributed by atoms with E-state index in [0.29, 0.717) is 5.39 Å². The second-order valence-electron chi connectivity index (χ2n) is 5.70. The van der Waals surface area contributed by atoms with Crippen LogP contribution in [0.5, 0.6) is 0 Å². The molecule has 0 amide bonds. The molecule has 9 nitrogen and oxygen atoms in total. The van der Waals surface area contributed by atoms with E-state index >= 15 is 0 Å². The maximum atomic E-state index is 12.5. The van der Waals surface area contributed by atoms with Crippen molar-refractivity contribution in [1.82, 2.24) is 0 Å². The zero-order valence-electron chi connectivity index (χ0n) is 13.0. The molecule has 0 saturated carbocycles. The first-order valence-corrected chi connectivity index (χ1v) is 7.14. The molecule has 0 radical (unpaired) electrons. The Bertz CT molecular complexity index is 867. The molecule has 0 unspecified atom stereocenters. The van der Waals surface area contributed by atoms with Gasteiger partial charge in [0.05, 0.1) is 0 Å². The van der Waals surface area contributed by atoms with Gasteiger partial charge in [0, 0.05) is 17.0 Å². The molecule has 0 bridgehead atoms. The molecule has 0 spiro atoms. The standard InChI is InChI=1S/C16H16O9/c1-16(24,14(21)11(18)12(19)15(22)23)13(20)8-3-2-7-4-5-10(17)25-9(7)6-8/h2-6,11-12,14,18-19,21,24H,1H3,(H,22,23)/t11-,12+,14+,16+/m1/s1. The molecule has 0 aliphatic carbocycles. The number of carboxylic acids is 1. The van der Waals surface area contributed by atoms with Crippen LogP contribution in [0.1, 0.15) is 17.3 Å². The van der Waals surface area contributed by atoms with Gasteiger partial charge in [-0.25, -0.2) is 9.59 Å². The fourth-order valence-electron chi connectivity index (χ4n) is 2.28. The molecule has 25 heavy (non-hydrogen) atoms. The van der Waals surface area contributed by atoms with Crippen molar-refractivity contribution in [2.24, 2.45) is 0 Å². The van der Waals surface area contributed by atoms with Gasteiger partial charge >= 0.3 is 11.6 Å². The number of benzene rings is 1. The number of carboxylic acid groups (broad SMARTS) is 1. The van der Waals surface area contributed by atoms with Crippen LogP contribution in [0.15, 0.2) is 39.5 Å². The highest BCUT2D eigenvalue weighted by molar-refractivity contribution is 6.04. The molecule has 9 heteroatoms. The molecule has 2 rings (SSSR count). The number of fused-ring (bicyclic) bond motifs is 1. The average Bonchev–Trinajstić information content (AvgIpc) is 2.58. The number of ketones is 1. The predicted molar refractivity (Wildman–Crippen MR) is 83.1 cm³/mol. The van der Waals surface area contributed by atoms with Gasteiger partial charge < -0.3 is 29.9 Å². The Morgan fingerprint density at radius 3 is 2.32 bits per heavy atom. The first kappa shape index (κ1) is 18.7. The van der Waals surface area contributed by atoms with E-state index in [-0.39, 0.29) is 11.1 Å². The highest BCUT2D eigenvalue weighted by Gasteiger charge is 2.46. The zero-order valence-corrected chi connectivity index (χ0v) is 13.0. The molecule has 0 saturated heterocycles. The lowest BCUT2D eigenvalue weighted by Gasteiger charge is -2.31. The van der Waals surface area contributed by atoms with Crippen LogP contribution in [0.3, 0.4) is 0 Å². The summed E-state index contributed by atoms with van der Waals surface area (Å²) < 4.78 is 4.92. The first-order valence-electron chi connectivity index (χ1n) is 7.14. The van der Waals surface area contributed by atoms with Crippen LogP contribution < -0.4 is 5.63 Å². The third-order valence-corrected chi connectivity index (χ3v) is 3.82. The van der Waals surface area contributed by atoms with Crippen molar-refractivity contribution < 1.29 is 39.5 Å².